The fourth-order valence-electron chi connectivity index (χ4n) is 3.31. The van der Waals surface area contributed by atoms with Crippen LogP contribution in [0.2, 0.25) is 0 Å². The van der Waals surface area contributed by atoms with Crippen LogP contribution in [0.5, 0.6) is 0 Å². The molecule has 0 atom stereocenters. The summed E-state index contributed by atoms with van der Waals surface area (Å²) in [4.78, 5) is 35.0. The third kappa shape index (κ3) is 5.20. The number of carbonyl (C=O) groups excluding carboxylic acids is 1. The highest BCUT2D eigenvalue weighted by Gasteiger charge is 2.35. The van der Waals surface area contributed by atoms with E-state index in [1.54, 1.807) is 4.90 Å². The highest BCUT2D eigenvalue weighted by Crippen LogP contribution is 2.25. The van der Waals surface area contributed by atoms with Gasteiger partial charge in [-0.3, -0.25) is 4.90 Å². The van der Waals surface area contributed by atoms with E-state index in [1.807, 2.05) is 20.8 Å². The molecule has 2 saturated heterocycles. The summed E-state index contributed by atoms with van der Waals surface area (Å²) in [6.45, 7) is 8.88. The Labute approximate surface area is 164 Å². The van der Waals surface area contributed by atoms with Crippen molar-refractivity contribution in [1.29, 1.82) is 0 Å². The number of ether oxygens (including phenoxy) is 1. The standard InChI is InChI=1S/C20H26N4O4/c1-20(2,3)28-19(27)23-8-6-16(7-9-23)24-12-14(13-24)4-5-17-21-10-15(11-22-17)18(25)26/h10-11,14,16H,6-9,12-13H2,1-3H3,(H,25,26). The van der Waals surface area contributed by atoms with Gasteiger partial charge in [-0.15, -0.1) is 0 Å². The lowest BCUT2D eigenvalue weighted by Gasteiger charge is -2.45. The maximum absolute atomic E-state index is 12.1. The van der Waals surface area contributed by atoms with Gasteiger partial charge in [0.05, 0.1) is 5.56 Å². The second-order valence-electron chi connectivity index (χ2n) is 8.22. The van der Waals surface area contributed by atoms with Crippen LogP contribution in [0.1, 0.15) is 49.8 Å². The molecule has 0 aliphatic carbocycles. The zero-order chi connectivity index (χ0) is 20.3. The highest BCUT2D eigenvalue weighted by molar-refractivity contribution is 5.86. The molecular formula is C20H26N4O4. The summed E-state index contributed by atoms with van der Waals surface area (Å²) in [6.07, 6.45) is 4.20. The fourth-order valence-corrected chi connectivity index (χ4v) is 3.31. The van der Waals surface area contributed by atoms with Gasteiger partial charge in [-0.05, 0) is 39.5 Å². The molecule has 0 saturated carbocycles. The van der Waals surface area contributed by atoms with Crippen LogP contribution in [0.3, 0.4) is 0 Å². The number of piperidine rings is 1. The van der Waals surface area contributed by atoms with E-state index >= 15 is 0 Å². The number of carbonyl (C=O) groups is 2. The first kappa shape index (κ1) is 20.1. The van der Waals surface area contributed by atoms with Crippen molar-refractivity contribution in [2.45, 2.75) is 45.3 Å². The number of amides is 1. The Bertz CT molecular complexity index is 777. The normalized spacial score (nSPS) is 18.8. The summed E-state index contributed by atoms with van der Waals surface area (Å²) >= 11 is 0. The predicted octanol–water partition coefficient (Wildman–Crippen LogP) is 1.86. The van der Waals surface area contributed by atoms with Crippen LogP contribution >= 0.6 is 0 Å². The molecular weight excluding hydrogens is 360 g/mol. The van der Waals surface area contributed by atoms with Gasteiger partial charge >= 0.3 is 12.1 Å². The number of carboxylic acids is 1. The number of hydrogen-bond acceptors (Lipinski definition) is 6. The van der Waals surface area contributed by atoms with Crippen molar-refractivity contribution in [3.8, 4) is 11.8 Å². The summed E-state index contributed by atoms with van der Waals surface area (Å²) in [6, 6.07) is 0.475. The van der Waals surface area contributed by atoms with E-state index in [4.69, 9.17) is 9.84 Å². The molecule has 0 unspecified atom stereocenters. The Morgan fingerprint density at radius 3 is 2.32 bits per heavy atom. The van der Waals surface area contributed by atoms with E-state index in [-0.39, 0.29) is 17.6 Å². The summed E-state index contributed by atoms with van der Waals surface area (Å²) in [7, 11) is 0. The zero-order valence-corrected chi connectivity index (χ0v) is 16.5. The molecule has 0 aromatic carbocycles. The van der Waals surface area contributed by atoms with Gasteiger partial charge < -0.3 is 14.7 Å². The smallest absolute Gasteiger partial charge is 0.410 e. The highest BCUT2D eigenvalue weighted by atomic mass is 16.6. The Morgan fingerprint density at radius 2 is 1.79 bits per heavy atom. The quantitative estimate of drug-likeness (QED) is 0.775. The summed E-state index contributed by atoms with van der Waals surface area (Å²) in [5.41, 5.74) is -0.410. The molecule has 2 aliphatic rings. The first-order valence-corrected chi connectivity index (χ1v) is 9.50. The van der Waals surface area contributed by atoms with E-state index in [9.17, 15) is 9.59 Å². The number of aromatic nitrogens is 2. The lowest BCUT2D eigenvalue weighted by molar-refractivity contribution is 0.00410. The molecule has 3 rings (SSSR count). The Kier molecular flexibility index (Phi) is 5.84. The summed E-state index contributed by atoms with van der Waals surface area (Å²) in [5, 5.41) is 8.84. The van der Waals surface area contributed by atoms with Crippen molar-refractivity contribution in [1.82, 2.24) is 19.8 Å². The van der Waals surface area contributed by atoms with Crippen molar-refractivity contribution in [2.24, 2.45) is 5.92 Å². The summed E-state index contributed by atoms with van der Waals surface area (Å²) in [5.74, 6) is 5.64. The number of aromatic carboxylic acids is 1. The van der Waals surface area contributed by atoms with Crippen LogP contribution in [0.25, 0.3) is 0 Å². The van der Waals surface area contributed by atoms with E-state index in [0.29, 0.717) is 11.9 Å². The van der Waals surface area contributed by atoms with Crippen LogP contribution in [0.4, 0.5) is 4.79 Å². The second kappa shape index (κ2) is 8.15. The van der Waals surface area contributed by atoms with Gasteiger partial charge in [0.1, 0.15) is 5.60 Å². The Balaban J connectivity index is 1.42. The van der Waals surface area contributed by atoms with Gasteiger partial charge in [-0.1, -0.05) is 5.92 Å². The molecule has 8 heteroatoms. The lowest BCUT2D eigenvalue weighted by Crippen LogP contribution is -2.55. The molecule has 28 heavy (non-hydrogen) atoms. The van der Waals surface area contributed by atoms with Crippen LogP contribution in [0, 0.1) is 17.8 Å². The third-order valence-electron chi connectivity index (χ3n) is 4.83. The van der Waals surface area contributed by atoms with E-state index in [2.05, 4.69) is 26.7 Å². The largest absolute Gasteiger partial charge is 0.478 e. The molecule has 0 spiro atoms. The van der Waals surface area contributed by atoms with Crippen molar-refractivity contribution in [2.75, 3.05) is 26.2 Å². The average Bonchev–Trinajstić information content (AvgIpc) is 2.60. The molecule has 1 N–H and O–H groups in total. The topological polar surface area (TPSA) is 95.9 Å². The van der Waals surface area contributed by atoms with Crippen LogP contribution in [-0.2, 0) is 4.74 Å². The summed E-state index contributed by atoms with van der Waals surface area (Å²) < 4.78 is 5.44. The minimum atomic E-state index is -1.05. The molecule has 1 aromatic rings. The van der Waals surface area contributed by atoms with Gasteiger partial charge in [0.25, 0.3) is 0 Å². The monoisotopic (exact) mass is 386 g/mol. The van der Waals surface area contributed by atoms with E-state index in [1.165, 1.54) is 12.4 Å². The lowest BCUT2D eigenvalue weighted by atomic mass is 9.93. The zero-order valence-electron chi connectivity index (χ0n) is 16.5. The number of rotatable bonds is 2. The number of likely N-dealkylation sites (tertiary alicyclic amines) is 2. The van der Waals surface area contributed by atoms with Crippen molar-refractivity contribution < 1.29 is 19.4 Å². The van der Waals surface area contributed by atoms with Gasteiger partial charge in [-0.2, -0.15) is 0 Å². The minimum absolute atomic E-state index is 0.0538. The van der Waals surface area contributed by atoms with Crippen LogP contribution < -0.4 is 0 Å². The third-order valence-corrected chi connectivity index (χ3v) is 4.83. The maximum Gasteiger partial charge on any atom is 0.410 e. The minimum Gasteiger partial charge on any atom is -0.478 e. The SMILES string of the molecule is CC(C)(C)OC(=O)N1CCC(N2CC(C#Cc3ncc(C(=O)O)cn3)C2)CC1. The Morgan fingerprint density at radius 1 is 1.18 bits per heavy atom. The van der Waals surface area contributed by atoms with E-state index < -0.39 is 11.6 Å². The molecule has 2 aliphatic heterocycles. The van der Waals surface area contributed by atoms with Crippen LogP contribution in [-0.4, -0.2) is 74.8 Å². The maximum atomic E-state index is 12.1. The second-order valence-corrected chi connectivity index (χ2v) is 8.22. The van der Waals surface area contributed by atoms with Gasteiger partial charge in [0.2, 0.25) is 5.82 Å². The average molecular weight is 386 g/mol. The van der Waals surface area contributed by atoms with Gasteiger partial charge in [0.15, 0.2) is 0 Å². The Hall–Kier alpha value is -2.66. The molecule has 150 valence electrons. The molecule has 8 nitrogen and oxygen atoms in total. The fraction of sp³-hybridized carbons (Fsp3) is 0.600. The van der Waals surface area contributed by atoms with Crippen molar-refractivity contribution in [3.63, 3.8) is 0 Å². The number of hydrogen-bond donors (Lipinski definition) is 1. The first-order chi connectivity index (χ1) is 13.2. The van der Waals surface area contributed by atoms with E-state index in [0.717, 1.165) is 39.0 Å². The van der Waals surface area contributed by atoms with Gasteiger partial charge in [0, 0.05) is 50.5 Å². The van der Waals surface area contributed by atoms with Crippen molar-refractivity contribution in [3.05, 3.63) is 23.8 Å². The predicted molar refractivity (Wildman–Crippen MR) is 102 cm³/mol. The molecule has 0 radical (unpaired) electrons. The molecule has 2 fully saturated rings. The van der Waals surface area contributed by atoms with Crippen molar-refractivity contribution >= 4 is 12.1 Å². The molecule has 1 amide bonds. The van der Waals surface area contributed by atoms with Crippen LogP contribution in [0.15, 0.2) is 12.4 Å². The first-order valence-electron chi connectivity index (χ1n) is 9.50. The molecule has 0 bridgehead atoms. The van der Waals surface area contributed by atoms with Gasteiger partial charge in [-0.25, -0.2) is 19.6 Å². The molecule has 1 aromatic heterocycles. The molecule has 3 heterocycles. The number of nitrogens with zero attached hydrogens (tertiary/aromatic N) is 4. The number of carboxylic acid groups (broad SMARTS) is 1.